The number of benzene rings is 4. The van der Waals surface area contributed by atoms with E-state index in [1.165, 1.54) is 18.7 Å². The summed E-state index contributed by atoms with van der Waals surface area (Å²) in [6, 6.07) is 34.7. The number of piperidine rings is 2. The van der Waals surface area contributed by atoms with Crippen molar-refractivity contribution in [3.05, 3.63) is 147 Å². The van der Waals surface area contributed by atoms with Crippen LogP contribution in [0, 0.1) is 0 Å². The van der Waals surface area contributed by atoms with Crippen molar-refractivity contribution < 1.29 is 19.1 Å². The van der Waals surface area contributed by atoms with Crippen molar-refractivity contribution >= 4 is 45.5 Å². The van der Waals surface area contributed by atoms with Crippen molar-refractivity contribution in [1.29, 1.82) is 0 Å². The van der Waals surface area contributed by atoms with Crippen LogP contribution in [-0.4, -0.2) is 113 Å². The molecule has 2 saturated heterocycles. The lowest BCUT2D eigenvalue weighted by Crippen LogP contribution is -2.40. The van der Waals surface area contributed by atoms with Crippen LogP contribution in [0.1, 0.15) is 37.8 Å². The van der Waals surface area contributed by atoms with Crippen LogP contribution in [-0.2, 0) is 9.59 Å². The number of likely N-dealkylation sites (N-methyl/N-ethyl adjacent to an activating group) is 1. The number of nitrogens with zero attached hydrogens (tertiary/aromatic N) is 11. The average Bonchev–Trinajstić information content (AvgIpc) is 3.99. The fourth-order valence-corrected chi connectivity index (χ4v) is 8.82. The van der Waals surface area contributed by atoms with Crippen molar-refractivity contribution in [3.63, 3.8) is 0 Å². The Morgan fingerprint density at radius 3 is 1.49 bits per heavy atom. The Kier molecular flexibility index (Phi) is 14.2. The first kappa shape index (κ1) is 46.7. The third kappa shape index (κ3) is 10.5. The number of fused-ring (bicyclic) bond motifs is 2. The van der Waals surface area contributed by atoms with Crippen molar-refractivity contribution in [2.75, 3.05) is 58.3 Å². The van der Waals surface area contributed by atoms with Gasteiger partial charge in [-0.2, -0.15) is 10.2 Å². The SMILES string of the molecule is C=CC(=O)N1CCC[C@H](n2nc(-c3ccc(Oc4ccccc4)cc3)c3c(N)ncnc32)C1.CN(C)C/C=C/C(=O)N1CCCC(n2nc(-c3ccc(Oc4ccccc4)cc3)c3c(N)ncnc32)C1. The summed E-state index contributed by atoms with van der Waals surface area (Å²) >= 11 is 0. The molecule has 0 aliphatic carbocycles. The second-order valence-corrected chi connectivity index (χ2v) is 17.4. The van der Waals surface area contributed by atoms with Crippen molar-refractivity contribution in [2.45, 2.75) is 37.8 Å². The van der Waals surface area contributed by atoms with E-state index in [4.69, 9.17) is 31.1 Å². The van der Waals surface area contributed by atoms with Gasteiger partial charge in [0, 0.05) is 49.9 Å². The number of hydrogen-bond acceptors (Lipinski definition) is 13. The lowest BCUT2D eigenvalue weighted by Gasteiger charge is -2.32. The van der Waals surface area contributed by atoms with E-state index in [1.54, 1.807) is 11.0 Å². The van der Waals surface area contributed by atoms with Crippen LogP contribution in [0.2, 0.25) is 0 Å². The van der Waals surface area contributed by atoms with Gasteiger partial charge in [-0.25, -0.2) is 29.3 Å². The highest BCUT2D eigenvalue weighted by atomic mass is 16.5. The molecule has 0 radical (unpaired) electrons. The number of rotatable bonds is 12. The van der Waals surface area contributed by atoms with Gasteiger partial charge in [-0.15, -0.1) is 0 Å². The molecule has 4 aromatic carbocycles. The summed E-state index contributed by atoms with van der Waals surface area (Å²) < 4.78 is 15.6. The zero-order valence-electron chi connectivity index (χ0n) is 39.2. The summed E-state index contributed by atoms with van der Waals surface area (Å²) in [5.74, 6) is 3.71. The van der Waals surface area contributed by atoms with E-state index in [0.717, 1.165) is 72.9 Å². The first-order valence-electron chi connectivity index (χ1n) is 23.3. The Labute approximate surface area is 405 Å². The number of carbonyl (C=O) groups excluding carboxylic acids is 2. The molecular weight excluding hydrogens is 883 g/mol. The molecule has 17 nitrogen and oxygen atoms in total. The molecule has 17 heteroatoms. The number of para-hydroxylation sites is 2. The summed E-state index contributed by atoms with van der Waals surface area (Å²) in [4.78, 5) is 48.1. The number of aromatic nitrogens is 8. The number of likely N-dealkylation sites (tertiary alicyclic amines) is 2. The molecule has 356 valence electrons. The largest absolute Gasteiger partial charge is 0.457 e. The van der Waals surface area contributed by atoms with Gasteiger partial charge < -0.3 is 35.6 Å². The number of anilines is 2. The number of hydrogen-bond donors (Lipinski definition) is 2. The molecule has 6 heterocycles. The van der Waals surface area contributed by atoms with E-state index >= 15 is 0 Å². The second kappa shape index (κ2) is 21.2. The van der Waals surface area contributed by atoms with Crippen LogP contribution in [0.3, 0.4) is 0 Å². The lowest BCUT2D eigenvalue weighted by molar-refractivity contribution is -0.128. The molecule has 4 aromatic heterocycles. The van der Waals surface area contributed by atoms with Gasteiger partial charge in [-0.05, 0) is 119 Å². The first-order valence-corrected chi connectivity index (χ1v) is 23.3. The third-order valence-electron chi connectivity index (χ3n) is 12.3. The van der Waals surface area contributed by atoms with Crippen LogP contribution in [0.25, 0.3) is 44.6 Å². The van der Waals surface area contributed by atoms with Crippen molar-refractivity contribution in [1.82, 2.24) is 54.2 Å². The number of carbonyl (C=O) groups is 2. The minimum atomic E-state index is -0.0699. The van der Waals surface area contributed by atoms with Crippen LogP contribution in [0.5, 0.6) is 23.0 Å². The fraction of sp³-hybridized carbons (Fsp3) is 0.245. The molecule has 1 unspecified atom stereocenters. The van der Waals surface area contributed by atoms with Gasteiger partial charge in [-0.1, -0.05) is 49.1 Å². The van der Waals surface area contributed by atoms with Gasteiger partial charge in [0.15, 0.2) is 11.3 Å². The first-order chi connectivity index (χ1) is 34.1. The van der Waals surface area contributed by atoms with Crippen molar-refractivity contribution in [2.24, 2.45) is 0 Å². The van der Waals surface area contributed by atoms with Gasteiger partial charge in [0.2, 0.25) is 11.8 Å². The summed E-state index contributed by atoms with van der Waals surface area (Å²) in [7, 11) is 3.95. The van der Waals surface area contributed by atoms with E-state index in [0.29, 0.717) is 64.7 Å². The minimum Gasteiger partial charge on any atom is -0.457 e. The van der Waals surface area contributed by atoms with Crippen LogP contribution in [0.15, 0.2) is 147 Å². The number of nitrogens with two attached hydrogens (primary N) is 2. The Bertz CT molecular complexity index is 3120. The molecule has 10 rings (SSSR count). The third-order valence-corrected chi connectivity index (χ3v) is 12.3. The highest BCUT2D eigenvalue weighted by molar-refractivity contribution is 5.99. The molecular formula is C53H55N13O4. The number of nitrogen functional groups attached to an aromatic ring is 2. The summed E-state index contributed by atoms with van der Waals surface area (Å²) in [6.07, 6.45) is 11.4. The average molecular weight is 938 g/mol. The van der Waals surface area contributed by atoms with Gasteiger partial charge in [0.05, 0.1) is 22.9 Å². The highest BCUT2D eigenvalue weighted by Gasteiger charge is 2.30. The molecule has 0 saturated carbocycles. The van der Waals surface area contributed by atoms with E-state index in [-0.39, 0.29) is 23.9 Å². The topological polar surface area (TPSA) is 202 Å². The van der Waals surface area contributed by atoms with Crippen LogP contribution >= 0.6 is 0 Å². The smallest absolute Gasteiger partial charge is 0.246 e. The van der Waals surface area contributed by atoms with Crippen LogP contribution in [0.4, 0.5) is 11.6 Å². The maximum atomic E-state index is 12.8. The van der Waals surface area contributed by atoms with E-state index in [1.807, 2.05) is 149 Å². The Morgan fingerprint density at radius 2 is 1.06 bits per heavy atom. The predicted molar refractivity (Wildman–Crippen MR) is 271 cm³/mol. The van der Waals surface area contributed by atoms with E-state index < -0.39 is 0 Å². The standard InChI is InChI=1S/C28H31N7O2.C25H24N6O2/c1-33(2)16-7-11-24(36)34-17-6-8-21(18-34)35-28-25(27(29)30-19-31-28)26(32-35)20-12-14-23(15-13-20)37-22-9-4-3-5-10-22;1-2-21(32)30-14-6-7-18(15-30)31-25-22(24(26)27-16-28-25)23(29-31)17-10-12-20(13-11-17)33-19-8-4-3-5-9-19/h3-5,7,9-15,19,21H,6,8,16-18H2,1-2H3,(H2,29,30,31);2-5,8-13,16,18H,1,6-7,14-15H2,(H2,26,27,28)/b11-7+;/t;18-/m.0/s1. The molecule has 0 spiro atoms. The Hall–Kier alpha value is -8.44. The van der Waals surface area contributed by atoms with E-state index in [2.05, 4.69) is 26.5 Å². The molecule has 2 atom stereocenters. The maximum Gasteiger partial charge on any atom is 0.246 e. The molecule has 0 bridgehead atoms. The van der Waals surface area contributed by atoms with Gasteiger partial charge >= 0.3 is 0 Å². The van der Waals surface area contributed by atoms with Gasteiger partial charge in [0.25, 0.3) is 0 Å². The normalized spacial score (nSPS) is 16.0. The molecule has 2 aliphatic heterocycles. The monoisotopic (exact) mass is 937 g/mol. The maximum absolute atomic E-state index is 12.8. The molecule has 2 amide bonds. The van der Waals surface area contributed by atoms with Gasteiger partial charge in [0.1, 0.15) is 58.7 Å². The zero-order valence-corrected chi connectivity index (χ0v) is 39.2. The summed E-state index contributed by atoms with van der Waals surface area (Å²) in [6.45, 7) is 6.90. The van der Waals surface area contributed by atoms with Gasteiger partial charge in [-0.3, -0.25) is 9.59 Å². The molecule has 4 N–H and O–H groups in total. The minimum absolute atomic E-state index is 0.00566. The summed E-state index contributed by atoms with van der Waals surface area (Å²) in [5.41, 5.74) is 17.1. The molecule has 70 heavy (non-hydrogen) atoms. The van der Waals surface area contributed by atoms with E-state index in [9.17, 15) is 9.59 Å². The number of ether oxygens (including phenoxy) is 2. The Morgan fingerprint density at radius 1 is 0.629 bits per heavy atom. The molecule has 2 fully saturated rings. The lowest BCUT2D eigenvalue weighted by atomic mass is 10.1. The molecule has 8 aromatic rings. The van der Waals surface area contributed by atoms with Crippen LogP contribution < -0.4 is 20.9 Å². The molecule has 2 aliphatic rings. The highest BCUT2D eigenvalue weighted by Crippen LogP contribution is 2.37. The predicted octanol–water partition coefficient (Wildman–Crippen LogP) is 8.37. The van der Waals surface area contributed by atoms with Crippen molar-refractivity contribution in [3.8, 4) is 45.5 Å². The fourth-order valence-electron chi connectivity index (χ4n) is 8.82. The second-order valence-electron chi connectivity index (χ2n) is 17.4. The Balaban J connectivity index is 0.000000175. The number of amides is 2. The summed E-state index contributed by atoms with van der Waals surface area (Å²) in [5, 5.41) is 11.3. The zero-order chi connectivity index (χ0) is 48.6. The quantitative estimate of drug-likeness (QED) is 0.111.